The van der Waals surface area contributed by atoms with Crippen molar-refractivity contribution in [3.63, 3.8) is 0 Å². The van der Waals surface area contributed by atoms with E-state index in [0.717, 1.165) is 27.7 Å². The fraction of sp³-hybridized carbons (Fsp3) is 0.304. The zero-order valence-corrected chi connectivity index (χ0v) is 18.2. The van der Waals surface area contributed by atoms with Crippen LogP contribution in [0.5, 0.6) is 11.5 Å². The van der Waals surface area contributed by atoms with Crippen molar-refractivity contribution in [3.8, 4) is 11.5 Å². The van der Waals surface area contributed by atoms with Gasteiger partial charge in [-0.3, -0.25) is 4.79 Å². The summed E-state index contributed by atoms with van der Waals surface area (Å²) >= 11 is 5.97. The summed E-state index contributed by atoms with van der Waals surface area (Å²) in [4.78, 5) is 30.7. The van der Waals surface area contributed by atoms with Gasteiger partial charge in [0.05, 0.1) is 27.4 Å². The van der Waals surface area contributed by atoms with Crippen molar-refractivity contribution in [2.75, 3.05) is 27.2 Å². The van der Waals surface area contributed by atoms with Crippen molar-refractivity contribution >= 4 is 34.4 Å². The number of amides is 1. The Hall–Kier alpha value is -3.19. The predicted molar refractivity (Wildman–Crippen MR) is 117 cm³/mol. The zero-order chi connectivity index (χ0) is 22.1. The molecular weight excluding hydrogens is 420 g/mol. The summed E-state index contributed by atoms with van der Waals surface area (Å²) in [6.45, 7) is 0. The minimum absolute atomic E-state index is 0.257. The number of nitrogens with zero attached hydrogens (tertiary/aromatic N) is 1. The van der Waals surface area contributed by atoms with E-state index < -0.39 is 18.1 Å². The van der Waals surface area contributed by atoms with Crippen LogP contribution in [0.1, 0.15) is 22.9 Å². The van der Waals surface area contributed by atoms with Gasteiger partial charge in [0.15, 0.2) is 11.5 Å². The van der Waals surface area contributed by atoms with Crippen LogP contribution in [0.25, 0.3) is 10.9 Å². The highest BCUT2D eigenvalue weighted by Gasteiger charge is 2.43. The van der Waals surface area contributed by atoms with Gasteiger partial charge < -0.3 is 24.1 Å². The Morgan fingerprint density at radius 2 is 1.84 bits per heavy atom. The SMILES string of the molecule is COC(=O)[C@H]1Cc2c([nH]c3ccccc23)[C@H](c2ccc(OC)c(OC)c2)N1C(=O)CCl. The lowest BCUT2D eigenvalue weighted by Crippen LogP contribution is -2.52. The third-order valence-corrected chi connectivity index (χ3v) is 5.96. The Balaban J connectivity index is 1.98. The van der Waals surface area contributed by atoms with Gasteiger partial charge in [-0.05, 0) is 29.3 Å². The third kappa shape index (κ3) is 3.49. The first-order valence-electron chi connectivity index (χ1n) is 9.80. The number of nitrogens with one attached hydrogen (secondary N) is 1. The van der Waals surface area contributed by atoms with E-state index in [-0.39, 0.29) is 11.8 Å². The molecule has 1 aromatic heterocycles. The number of benzene rings is 2. The maximum Gasteiger partial charge on any atom is 0.328 e. The number of hydrogen-bond acceptors (Lipinski definition) is 5. The van der Waals surface area contributed by atoms with Gasteiger partial charge in [-0.1, -0.05) is 24.3 Å². The van der Waals surface area contributed by atoms with Crippen LogP contribution in [0.3, 0.4) is 0 Å². The largest absolute Gasteiger partial charge is 0.493 e. The molecule has 4 rings (SSSR count). The fourth-order valence-electron chi connectivity index (χ4n) is 4.35. The number of carbonyl (C=O) groups excluding carboxylic acids is 2. The molecule has 8 heteroatoms. The molecule has 0 radical (unpaired) electrons. The lowest BCUT2D eigenvalue weighted by atomic mass is 9.87. The molecule has 3 aromatic rings. The molecule has 0 aliphatic carbocycles. The van der Waals surface area contributed by atoms with Crippen LogP contribution in [0.15, 0.2) is 42.5 Å². The van der Waals surface area contributed by atoms with Gasteiger partial charge in [-0.15, -0.1) is 11.6 Å². The molecule has 31 heavy (non-hydrogen) atoms. The standard InChI is InChI=1S/C23H23ClN2O5/c1-29-18-9-8-13(10-19(18)30-2)22-21-15(14-6-4-5-7-16(14)25-21)11-17(23(28)31-3)26(22)20(27)12-24/h4-10,17,22,25H,11-12H2,1-3H3/t17-,22+/m1/s1. The van der Waals surface area contributed by atoms with Gasteiger partial charge in [-0.2, -0.15) is 0 Å². The smallest absolute Gasteiger partial charge is 0.328 e. The number of aromatic nitrogens is 1. The van der Waals surface area contributed by atoms with Crippen molar-refractivity contribution in [3.05, 3.63) is 59.3 Å². The first kappa shape index (κ1) is 21.1. The van der Waals surface area contributed by atoms with Crippen LogP contribution in [0, 0.1) is 0 Å². The highest BCUT2D eigenvalue weighted by molar-refractivity contribution is 6.27. The summed E-state index contributed by atoms with van der Waals surface area (Å²) < 4.78 is 15.9. The minimum Gasteiger partial charge on any atom is -0.493 e. The topological polar surface area (TPSA) is 80.9 Å². The number of aromatic amines is 1. The maximum atomic E-state index is 13.0. The first-order chi connectivity index (χ1) is 15.0. The number of esters is 1. The number of hydrogen-bond donors (Lipinski definition) is 1. The summed E-state index contributed by atoms with van der Waals surface area (Å²) in [6.07, 6.45) is 0.332. The normalized spacial score (nSPS) is 17.9. The summed E-state index contributed by atoms with van der Waals surface area (Å²) in [5.41, 5.74) is 3.51. The second kappa shape index (κ2) is 8.51. The van der Waals surface area contributed by atoms with Crippen molar-refractivity contribution in [1.82, 2.24) is 9.88 Å². The summed E-state index contributed by atoms with van der Waals surface area (Å²) in [5.74, 6) is -0.0110. The van der Waals surface area contributed by atoms with E-state index in [2.05, 4.69) is 4.98 Å². The Labute approximate surface area is 184 Å². The molecule has 2 atom stereocenters. The minimum atomic E-state index is -0.805. The van der Waals surface area contributed by atoms with E-state index in [1.54, 1.807) is 20.3 Å². The molecule has 0 spiro atoms. The van der Waals surface area contributed by atoms with Gasteiger partial charge in [0.1, 0.15) is 11.9 Å². The van der Waals surface area contributed by atoms with Gasteiger partial charge in [-0.25, -0.2) is 4.79 Å². The molecule has 0 fully saturated rings. The molecule has 1 N–H and O–H groups in total. The molecule has 7 nitrogen and oxygen atoms in total. The number of halogens is 1. The molecule has 0 unspecified atom stereocenters. The third-order valence-electron chi connectivity index (χ3n) is 5.73. The average molecular weight is 443 g/mol. The van der Waals surface area contributed by atoms with E-state index >= 15 is 0 Å². The van der Waals surface area contributed by atoms with Gasteiger partial charge >= 0.3 is 5.97 Å². The number of alkyl halides is 1. The number of ether oxygens (including phenoxy) is 3. The zero-order valence-electron chi connectivity index (χ0n) is 17.5. The number of fused-ring (bicyclic) bond motifs is 3. The number of carbonyl (C=O) groups is 2. The Morgan fingerprint density at radius 3 is 2.52 bits per heavy atom. The van der Waals surface area contributed by atoms with E-state index in [9.17, 15) is 9.59 Å². The molecule has 0 saturated carbocycles. The van der Waals surface area contributed by atoms with Gasteiger partial charge in [0, 0.05) is 23.0 Å². The second-order valence-electron chi connectivity index (χ2n) is 7.26. The van der Waals surface area contributed by atoms with Gasteiger partial charge in [0.25, 0.3) is 0 Å². The quantitative estimate of drug-likeness (QED) is 0.483. The Kier molecular flexibility index (Phi) is 5.78. The molecule has 1 aliphatic rings. The van der Waals surface area contributed by atoms with Crippen LogP contribution < -0.4 is 9.47 Å². The maximum absolute atomic E-state index is 13.0. The van der Waals surface area contributed by atoms with Crippen LogP contribution >= 0.6 is 11.6 Å². The van der Waals surface area contributed by atoms with Crippen LogP contribution in [0.4, 0.5) is 0 Å². The number of H-pyrrole nitrogens is 1. The van der Waals surface area contributed by atoms with Crippen molar-refractivity contribution in [2.45, 2.75) is 18.5 Å². The molecule has 2 aromatic carbocycles. The molecule has 1 amide bonds. The van der Waals surface area contributed by atoms with Crippen molar-refractivity contribution in [2.24, 2.45) is 0 Å². The molecule has 1 aliphatic heterocycles. The van der Waals surface area contributed by atoms with E-state index in [1.807, 2.05) is 36.4 Å². The van der Waals surface area contributed by atoms with Crippen LogP contribution in [0.2, 0.25) is 0 Å². The predicted octanol–water partition coefficient (Wildman–Crippen LogP) is 3.44. The molecule has 0 bridgehead atoms. The Morgan fingerprint density at radius 1 is 1.10 bits per heavy atom. The van der Waals surface area contributed by atoms with Crippen LogP contribution in [-0.4, -0.2) is 55.0 Å². The molecular formula is C23H23ClN2O5. The molecule has 0 saturated heterocycles. The lowest BCUT2D eigenvalue weighted by molar-refractivity contribution is -0.154. The lowest BCUT2D eigenvalue weighted by Gasteiger charge is -2.40. The summed E-state index contributed by atoms with van der Waals surface area (Å²) in [5, 5.41) is 1.01. The average Bonchev–Trinajstić information content (AvgIpc) is 3.19. The van der Waals surface area contributed by atoms with E-state index in [4.69, 9.17) is 25.8 Å². The number of para-hydroxylation sites is 1. The highest BCUT2D eigenvalue weighted by Crippen LogP contribution is 2.43. The van der Waals surface area contributed by atoms with Crippen molar-refractivity contribution < 1.29 is 23.8 Å². The summed E-state index contributed by atoms with van der Waals surface area (Å²) in [6, 6.07) is 11.9. The van der Waals surface area contributed by atoms with Crippen LogP contribution in [-0.2, 0) is 20.7 Å². The summed E-state index contributed by atoms with van der Waals surface area (Å²) in [7, 11) is 4.43. The monoisotopic (exact) mass is 442 g/mol. The first-order valence-corrected chi connectivity index (χ1v) is 10.3. The fourth-order valence-corrected chi connectivity index (χ4v) is 4.49. The highest BCUT2D eigenvalue weighted by atomic mass is 35.5. The van der Waals surface area contributed by atoms with Crippen molar-refractivity contribution in [1.29, 1.82) is 0 Å². The van der Waals surface area contributed by atoms with E-state index in [1.165, 1.54) is 12.0 Å². The van der Waals surface area contributed by atoms with Gasteiger partial charge in [0.2, 0.25) is 5.91 Å². The molecule has 162 valence electrons. The number of methoxy groups -OCH3 is 3. The Bertz CT molecular complexity index is 1140. The molecule has 2 heterocycles. The van der Waals surface area contributed by atoms with E-state index in [0.29, 0.717) is 17.9 Å². The second-order valence-corrected chi connectivity index (χ2v) is 7.52. The number of rotatable bonds is 5.